The quantitative estimate of drug-likeness (QED) is 0.222. The lowest BCUT2D eigenvalue weighted by molar-refractivity contribution is -0.156. The minimum atomic E-state index is -2.61. The molecule has 0 aliphatic carbocycles. The zero-order valence-electron chi connectivity index (χ0n) is 23.5. The lowest BCUT2D eigenvalue weighted by Crippen LogP contribution is -2.37. The van der Waals surface area contributed by atoms with Crippen LogP contribution in [-0.2, 0) is 22.5 Å². The van der Waals surface area contributed by atoms with Gasteiger partial charge in [-0.1, -0.05) is 18.2 Å². The van der Waals surface area contributed by atoms with Crippen molar-refractivity contribution < 1.29 is 28.2 Å². The number of carbonyl (C=O) groups is 1. The van der Waals surface area contributed by atoms with Crippen LogP contribution in [0.4, 0.5) is 20.5 Å². The van der Waals surface area contributed by atoms with Crippen molar-refractivity contribution in [3.05, 3.63) is 53.2 Å². The Balaban J connectivity index is 2.31. The average Bonchev–Trinajstić information content (AvgIpc) is 2.80. The maximum atomic E-state index is 13.3. The van der Waals surface area contributed by atoms with Crippen LogP contribution >= 0.6 is 0 Å². The summed E-state index contributed by atoms with van der Waals surface area (Å²) in [5.74, 6) is 0.682. The number of nitrogens with one attached hydrogen (secondary N) is 1. The molecule has 0 amide bonds. The van der Waals surface area contributed by atoms with Crippen LogP contribution in [0.15, 0.2) is 30.9 Å². The van der Waals surface area contributed by atoms with E-state index in [4.69, 9.17) is 15.2 Å². The van der Waals surface area contributed by atoms with Crippen molar-refractivity contribution in [2.45, 2.75) is 71.6 Å². The van der Waals surface area contributed by atoms with Crippen LogP contribution < -0.4 is 15.8 Å². The number of nitrogens with zero attached hydrogens (tertiary/aromatic N) is 3. The summed E-state index contributed by atoms with van der Waals surface area (Å²) >= 11 is 0. The second-order valence-corrected chi connectivity index (χ2v) is 10.3. The topological polar surface area (TPSA) is 123 Å². The van der Waals surface area contributed by atoms with E-state index < -0.39 is 24.5 Å². The van der Waals surface area contributed by atoms with Gasteiger partial charge in [-0.15, -0.1) is 6.58 Å². The maximum Gasteiger partial charge on any atom is 0.320 e. The number of alkyl halides is 2. The first-order chi connectivity index (χ1) is 18.3. The number of esters is 1. The number of aliphatic hydroxyl groups is 1. The van der Waals surface area contributed by atoms with Gasteiger partial charge in [-0.05, 0) is 57.7 Å². The molecule has 0 bridgehead atoms. The number of methoxy groups -OCH3 is 1. The third kappa shape index (κ3) is 10.8. The van der Waals surface area contributed by atoms with E-state index in [0.29, 0.717) is 42.1 Å². The molecule has 0 aliphatic heterocycles. The maximum absolute atomic E-state index is 13.3. The van der Waals surface area contributed by atoms with Gasteiger partial charge in [0.1, 0.15) is 17.2 Å². The molecule has 1 atom stereocenters. The van der Waals surface area contributed by atoms with Gasteiger partial charge in [0.05, 0.1) is 20.2 Å². The van der Waals surface area contributed by atoms with E-state index in [9.17, 15) is 18.7 Å². The summed E-state index contributed by atoms with van der Waals surface area (Å²) in [6, 6.07) is 5.36. The van der Waals surface area contributed by atoms with E-state index >= 15 is 0 Å². The number of halogens is 2. The van der Waals surface area contributed by atoms with Crippen molar-refractivity contribution in [1.82, 2.24) is 14.9 Å². The number of hydrogen-bond donors (Lipinski definition) is 3. The predicted molar refractivity (Wildman–Crippen MR) is 148 cm³/mol. The Morgan fingerprint density at radius 2 is 2.03 bits per heavy atom. The second kappa shape index (κ2) is 14.7. The van der Waals surface area contributed by atoms with E-state index in [2.05, 4.69) is 21.9 Å². The lowest BCUT2D eigenvalue weighted by Gasteiger charge is -2.25. The van der Waals surface area contributed by atoms with Gasteiger partial charge in [0.25, 0.3) is 6.43 Å². The third-order valence-corrected chi connectivity index (χ3v) is 5.79. The number of hydrogen-bond acceptors (Lipinski definition) is 9. The summed E-state index contributed by atoms with van der Waals surface area (Å²) in [7, 11) is 1.53. The number of aromatic nitrogens is 2. The Morgan fingerprint density at radius 3 is 2.62 bits per heavy atom. The zero-order valence-corrected chi connectivity index (χ0v) is 23.5. The summed E-state index contributed by atoms with van der Waals surface area (Å²) in [6.07, 6.45) is 0.705. The van der Waals surface area contributed by atoms with Crippen molar-refractivity contribution in [2.24, 2.45) is 0 Å². The number of nitrogen functional groups attached to an aromatic ring is 1. The molecule has 1 heterocycles. The number of carbonyl (C=O) groups excluding carboxylic acids is 1. The van der Waals surface area contributed by atoms with Gasteiger partial charge in [0, 0.05) is 36.9 Å². The number of benzene rings is 1. The molecular formula is C28H41F2N5O4. The molecule has 1 unspecified atom stereocenters. The molecule has 11 heteroatoms. The van der Waals surface area contributed by atoms with Gasteiger partial charge in [-0.25, -0.2) is 13.8 Å². The van der Waals surface area contributed by atoms with Crippen LogP contribution in [0.1, 0.15) is 56.0 Å². The van der Waals surface area contributed by atoms with Crippen LogP contribution in [0.25, 0.3) is 0 Å². The molecule has 0 saturated heterocycles. The lowest BCUT2D eigenvalue weighted by atomic mass is 10.0. The second-order valence-electron chi connectivity index (χ2n) is 10.3. The molecule has 4 N–H and O–H groups in total. The molecule has 0 spiro atoms. The largest absolute Gasteiger partial charge is 0.496 e. The summed E-state index contributed by atoms with van der Waals surface area (Å²) in [4.78, 5) is 22.4. The van der Waals surface area contributed by atoms with E-state index in [-0.39, 0.29) is 31.7 Å². The normalized spacial score (nSPS) is 12.5. The van der Waals surface area contributed by atoms with E-state index in [1.807, 2.05) is 19.1 Å². The Morgan fingerprint density at radius 1 is 1.31 bits per heavy atom. The molecule has 9 nitrogen and oxygen atoms in total. The minimum absolute atomic E-state index is 0.00613. The number of anilines is 2. The average molecular weight is 550 g/mol. The van der Waals surface area contributed by atoms with Crippen LogP contribution in [0.3, 0.4) is 0 Å². The van der Waals surface area contributed by atoms with Crippen LogP contribution in [0.5, 0.6) is 5.75 Å². The van der Waals surface area contributed by atoms with Crippen LogP contribution in [0, 0.1) is 6.92 Å². The van der Waals surface area contributed by atoms with Crippen molar-refractivity contribution in [3.8, 4) is 5.75 Å². The molecular weight excluding hydrogens is 508 g/mol. The number of nitrogens with two attached hydrogens (primary N) is 1. The first-order valence-corrected chi connectivity index (χ1v) is 12.8. The van der Waals surface area contributed by atoms with Crippen LogP contribution in [-0.4, -0.2) is 70.8 Å². The highest BCUT2D eigenvalue weighted by molar-refractivity contribution is 5.72. The van der Waals surface area contributed by atoms with Crippen molar-refractivity contribution >= 4 is 17.7 Å². The molecule has 2 aromatic rings. The first-order valence-electron chi connectivity index (χ1n) is 12.8. The zero-order chi connectivity index (χ0) is 29.2. The van der Waals surface area contributed by atoms with Crippen molar-refractivity contribution in [3.63, 3.8) is 0 Å². The van der Waals surface area contributed by atoms with Gasteiger partial charge in [0.2, 0.25) is 5.95 Å². The van der Waals surface area contributed by atoms with E-state index in [1.54, 1.807) is 32.9 Å². The fourth-order valence-corrected chi connectivity index (χ4v) is 4.17. The smallest absolute Gasteiger partial charge is 0.320 e. The van der Waals surface area contributed by atoms with Crippen molar-refractivity contribution in [1.29, 1.82) is 0 Å². The summed E-state index contributed by atoms with van der Waals surface area (Å²) < 4.78 is 37.5. The van der Waals surface area contributed by atoms with Crippen LogP contribution in [0.2, 0.25) is 0 Å². The van der Waals surface area contributed by atoms with Gasteiger partial charge in [-0.2, -0.15) is 4.98 Å². The van der Waals surface area contributed by atoms with E-state index in [0.717, 1.165) is 11.1 Å². The molecule has 0 aliphatic rings. The number of aryl methyl sites for hydroxylation is 1. The highest BCUT2D eigenvalue weighted by Crippen LogP contribution is 2.29. The monoisotopic (exact) mass is 549 g/mol. The standard InChI is InChI=1S/C28H41F2N5O4/c1-7-8-21(11-12-36)33-26-22(18(2)32-27(31)34-26)14-20-10-9-19(13-23(20)38-6)15-35(16-24(29)30)17-25(37)39-28(3,4)5/h7,9-10,13,21,24,36H,1,8,11-12,14-17H2,2-6H3,(H3,31,32,33,34). The molecule has 0 saturated carbocycles. The fraction of sp³-hybridized carbons (Fsp3) is 0.536. The molecule has 39 heavy (non-hydrogen) atoms. The van der Waals surface area contributed by atoms with Crippen molar-refractivity contribution in [2.75, 3.05) is 37.9 Å². The predicted octanol–water partition coefficient (Wildman–Crippen LogP) is 4.11. The van der Waals surface area contributed by atoms with Gasteiger partial charge in [0.15, 0.2) is 0 Å². The van der Waals surface area contributed by atoms with Gasteiger partial charge >= 0.3 is 5.97 Å². The number of aliphatic hydroxyl groups excluding tert-OH is 1. The Labute approximate surface area is 229 Å². The SMILES string of the molecule is C=CCC(CCO)Nc1nc(N)nc(C)c1Cc1ccc(CN(CC(=O)OC(C)(C)C)CC(F)F)cc1OC. The Bertz CT molecular complexity index is 1110. The molecule has 1 aromatic carbocycles. The fourth-order valence-electron chi connectivity index (χ4n) is 4.17. The molecule has 0 fully saturated rings. The Kier molecular flexibility index (Phi) is 12.1. The number of rotatable bonds is 15. The van der Waals surface area contributed by atoms with Gasteiger partial charge < -0.3 is 25.6 Å². The molecule has 0 radical (unpaired) electrons. The molecule has 216 valence electrons. The highest BCUT2D eigenvalue weighted by Gasteiger charge is 2.22. The summed E-state index contributed by atoms with van der Waals surface area (Å²) in [5.41, 5.74) is 8.25. The van der Waals surface area contributed by atoms with E-state index in [1.165, 1.54) is 12.0 Å². The minimum Gasteiger partial charge on any atom is -0.496 e. The Hall–Kier alpha value is -3.31. The summed E-state index contributed by atoms with van der Waals surface area (Å²) in [6.45, 7) is 10.1. The summed E-state index contributed by atoms with van der Waals surface area (Å²) in [5, 5.41) is 12.8. The first kappa shape index (κ1) is 31.9. The third-order valence-electron chi connectivity index (χ3n) is 5.79. The highest BCUT2D eigenvalue weighted by atomic mass is 19.3. The molecule has 1 aromatic heterocycles. The number of ether oxygens (including phenoxy) is 2. The molecule has 2 rings (SSSR count). The van der Waals surface area contributed by atoms with Gasteiger partial charge in [-0.3, -0.25) is 9.69 Å².